The van der Waals surface area contributed by atoms with E-state index < -0.39 is 0 Å². The number of halogens is 1. The van der Waals surface area contributed by atoms with Gasteiger partial charge >= 0.3 is 0 Å². The van der Waals surface area contributed by atoms with Gasteiger partial charge in [0, 0.05) is 23.2 Å². The summed E-state index contributed by atoms with van der Waals surface area (Å²) in [6, 6.07) is 7.52. The van der Waals surface area contributed by atoms with Gasteiger partial charge in [0.15, 0.2) is 0 Å². The summed E-state index contributed by atoms with van der Waals surface area (Å²) in [6.45, 7) is 5.87. The summed E-state index contributed by atoms with van der Waals surface area (Å²) in [6.07, 6.45) is 0.824. The molecule has 1 aromatic rings. The standard InChI is InChI=1S/C14H22ClNO2/c1-3-8-17-9-10-18-14(11(2)16)12-6-4-5-7-13(12)15/h4-7,11,14H,3,8-10,16H2,1-2H3. The Kier molecular flexibility index (Phi) is 7.28. The molecule has 2 atom stereocenters. The minimum absolute atomic E-state index is 0.115. The largest absolute Gasteiger partial charge is 0.379 e. The summed E-state index contributed by atoms with van der Waals surface area (Å²) in [5, 5.41) is 0.689. The van der Waals surface area contributed by atoms with Crippen LogP contribution >= 0.6 is 11.6 Å². The fourth-order valence-electron chi connectivity index (χ4n) is 1.71. The fraction of sp³-hybridized carbons (Fsp3) is 0.571. The number of rotatable bonds is 8. The van der Waals surface area contributed by atoms with Crippen LogP contribution in [-0.4, -0.2) is 25.9 Å². The average Bonchev–Trinajstić information content (AvgIpc) is 2.35. The maximum Gasteiger partial charge on any atom is 0.0988 e. The molecule has 0 spiro atoms. The quantitative estimate of drug-likeness (QED) is 0.739. The predicted octanol–water partition coefficient (Wildman–Crippen LogP) is 3.17. The predicted molar refractivity (Wildman–Crippen MR) is 74.9 cm³/mol. The van der Waals surface area contributed by atoms with Gasteiger partial charge in [-0.1, -0.05) is 36.7 Å². The van der Waals surface area contributed by atoms with Crippen molar-refractivity contribution < 1.29 is 9.47 Å². The Morgan fingerprint density at radius 3 is 2.56 bits per heavy atom. The zero-order valence-corrected chi connectivity index (χ0v) is 11.8. The summed E-state index contributed by atoms with van der Waals surface area (Å²) < 4.78 is 11.2. The van der Waals surface area contributed by atoms with E-state index in [0.717, 1.165) is 18.6 Å². The van der Waals surface area contributed by atoms with Crippen LogP contribution in [0.1, 0.15) is 31.9 Å². The van der Waals surface area contributed by atoms with Crippen LogP contribution in [0.2, 0.25) is 5.02 Å². The molecule has 0 saturated heterocycles. The van der Waals surface area contributed by atoms with Gasteiger partial charge in [-0.15, -0.1) is 0 Å². The monoisotopic (exact) mass is 271 g/mol. The lowest BCUT2D eigenvalue weighted by atomic mass is 10.0. The Labute approximate surface area is 114 Å². The highest BCUT2D eigenvalue weighted by atomic mass is 35.5. The van der Waals surface area contributed by atoms with Crippen LogP contribution < -0.4 is 5.73 Å². The molecule has 0 radical (unpaired) electrons. The molecule has 0 amide bonds. The molecule has 1 rings (SSSR count). The molecule has 0 aromatic heterocycles. The second-order valence-electron chi connectivity index (χ2n) is 4.28. The van der Waals surface area contributed by atoms with Gasteiger partial charge in [-0.25, -0.2) is 0 Å². The van der Waals surface area contributed by atoms with Gasteiger partial charge in [0.2, 0.25) is 0 Å². The van der Waals surface area contributed by atoms with E-state index >= 15 is 0 Å². The second kappa shape index (κ2) is 8.48. The molecule has 1 aromatic carbocycles. The third-order valence-electron chi connectivity index (χ3n) is 2.56. The highest BCUT2D eigenvalue weighted by molar-refractivity contribution is 6.31. The Bertz CT molecular complexity index is 344. The molecule has 0 aliphatic heterocycles. The first-order valence-corrected chi connectivity index (χ1v) is 6.74. The molecule has 3 nitrogen and oxygen atoms in total. The molecule has 0 bridgehead atoms. The minimum atomic E-state index is -0.191. The van der Waals surface area contributed by atoms with E-state index in [-0.39, 0.29) is 12.1 Å². The van der Waals surface area contributed by atoms with Crippen LogP contribution in [0.4, 0.5) is 0 Å². The van der Waals surface area contributed by atoms with Crippen molar-refractivity contribution >= 4 is 11.6 Å². The van der Waals surface area contributed by atoms with Gasteiger partial charge in [-0.3, -0.25) is 0 Å². The van der Waals surface area contributed by atoms with Crippen molar-refractivity contribution in [3.63, 3.8) is 0 Å². The minimum Gasteiger partial charge on any atom is -0.379 e. The van der Waals surface area contributed by atoms with Crippen LogP contribution in [0.25, 0.3) is 0 Å². The normalized spacial score (nSPS) is 14.4. The van der Waals surface area contributed by atoms with Crippen molar-refractivity contribution in [2.45, 2.75) is 32.4 Å². The van der Waals surface area contributed by atoms with Crippen molar-refractivity contribution in [1.82, 2.24) is 0 Å². The lowest BCUT2D eigenvalue weighted by molar-refractivity contribution is -0.00467. The first-order valence-electron chi connectivity index (χ1n) is 6.36. The molecule has 0 aliphatic rings. The Balaban J connectivity index is 2.53. The summed E-state index contributed by atoms with van der Waals surface area (Å²) >= 11 is 6.16. The van der Waals surface area contributed by atoms with Crippen LogP contribution in [0.15, 0.2) is 24.3 Å². The van der Waals surface area contributed by atoms with E-state index in [1.807, 2.05) is 31.2 Å². The van der Waals surface area contributed by atoms with E-state index in [0.29, 0.717) is 18.2 Å². The number of hydrogen-bond acceptors (Lipinski definition) is 3. The molecule has 0 aliphatic carbocycles. The summed E-state index contributed by atoms with van der Waals surface area (Å²) in [4.78, 5) is 0. The van der Waals surface area contributed by atoms with Crippen molar-refractivity contribution in [1.29, 1.82) is 0 Å². The van der Waals surface area contributed by atoms with Crippen molar-refractivity contribution in [3.8, 4) is 0 Å². The SMILES string of the molecule is CCCOCCOC(c1ccccc1Cl)C(C)N. The molecule has 2 N–H and O–H groups in total. The van der Waals surface area contributed by atoms with Gasteiger partial charge in [0.1, 0.15) is 0 Å². The smallest absolute Gasteiger partial charge is 0.0988 e. The van der Waals surface area contributed by atoms with E-state index in [4.69, 9.17) is 26.8 Å². The molecular weight excluding hydrogens is 250 g/mol. The molecule has 0 heterocycles. The fourth-order valence-corrected chi connectivity index (χ4v) is 1.95. The van der Waals surface area contributed by atoms with E-state index in [1.165, 1.54) is 0 Å². The van der Waals surface area contributed by atoms with Crippen LogP contribution in [0, 0.1) is 0 Å². The average molecular weight is 272 g/mol. The third kappa shape index (κ3) is 4.94. The molecule has 0 saturated carbocycles. The van der Waals surface area contributed by atoms with Crippen molar-refractivity contribution in [3.05, 3.63) is 34.9 Å². The summed E-state index contributed by atoms with van der Waals surface area (Å²) in [5.74, 6) is 0. The highest BCUT2D eigenvalue weighted by Crippen LogP contribution is 2.27. The summed E-state index contributed by atoms with van der Waals surface area (Å²) in [5.41, 5.74) is 6.89. The zero-order valence-electron chi connectivity index (χ0n) is 11.1. The number of hydrogen-bond donors (Lipinski definition) is 1. The lowest BCUT2D eigenvalue weighted by Crippen LogP contribution is -2.28. The van der Waals surface area contributed by atoms with Crippen molar-refractivity contribution in [2.24, 2.45) is 5.73 Å². The summed E-state index contributed by atoms with van der Waals surface area (Å²) in [7, 11) is 0. The third-order valence-corrected chi connectivity index (χ3v) is 2.91. The molecular formula is C14H22ClNO2. The van der Waals surface area contributed by atoms with E-state index in [9.17, 15) is 0 Å². The van der Waals surface area contributed by atoms with Gasteiger partial charge in [-0.05, 0) is 19.4 Å². The Morgan fingerprint density at radius 2 is 1.94 bits per heavy atom. The first kappa shape index (κ1) is 15.4. The molecule has 4 heteroatoms. The van der Waals surface area contributed by atoms with Gasteiger partial charge < -0.3 is 15.2 Å². The Hall–Kier alpha value is -0.610. The zero-order chi connectivity index (χ0) is 13.4. The molecule has 102 valence electrons. The van der Waals surface area contributed by atoms with Gasteiger partial charge in [0.25, 0.3) is 0 Å². The first-order chi connectivity index (χ1) is 8.66. The van der Waals surface area contributed by atoms with Crippen molar-refractivity contribution in [2.75, 3.05) is 19.8 Å². The molecule has 0 fully saturated rings. The van der Waals surface area contributed by atoms with Crippen LogP contribution in [0.3, 0.4) is 0 Å². The van der Waals surface area contributed by atoms with Crippen LogP contribution in [-0.2, 0) is 9.47 Å². The lowest BCUT2D eigenvalue weighted by Gasteiger charge is -2.22. The topological polar surface area (TPSA) is 44.5 Å². The second-order valence-corrected chi connectivity index (χ2v) is 4.69. The Morgan fingerprint density at radius 1 is 1.22 bits per heavy atom. The molecule has 18 heavy (non-hydrogen) atoms. The van der Waals surface area contributed by atoms with Gasteiger partial charge in [0.05, 0.1) is 19.3 Å². The number of nitrogens with two attached hydrogens (primary N) is 1. The number of ether oxygens (including phenoxy) is 2. The van der Waals surface area contributed by atoms with E-state index in [1.54, 1.807) is 0 Å². The van der Waals surface area contributed by atoms with Crippen LogP contribution in [0.5, 0.6) is 0 Å². The van der Waals surface area contributed by atoms with E-state index in [2.05, 4.69) is 6.92 Å². The van der Waals surface area contributed by atoms with Gasteiger partial charge in [-0.2, -0.15) is 0 Å². The maximum atomic E-state index is 6.16. The number of benzene rings is 1. The highest BCUT2D eigenvalue weighted by Gasteiger charge is 2.19. The maximum absolute atomic E-state index is 6.16. The molecule has 2 unspecified atom stereocenters.